The molecule has 1 rings (SSSR count). The van der Waals surface area contributed by atoms with E-state index in [9.17, 15) is 4.79 Å². The topological polar surface area (TPSA) is 29.1 Å². The van der Waals surface area contributed by atoms with Crippen molar-refractivity contribution in [2.45, 2.75) is 25.8 Å². The molecular weight excluding hydrogens is 162 g/mol. The molecule has 0 aliphatic rings. The quantitative estimate of drug-likeness (QED) is 0.682. The van der Waals surface area contributed by atoms with Gasteiger partial charge in [0.05, 0.1) is 0 Å². The zero-order valence-electron chi connectivity index (χ0n) is 7.86. The van der Waals surface area contributed by atoms with Crippen molar-refractivity contribution in [1.29, 1.82) is 0 Å². The number of hydrogen-bond acceptors (Lipinski definition) is 1. The van der Waals surface area contributed by atoms with Crippen molar-refractivity contribution in [2.75, 3.05) is 0 Å². The first-order valence-electron chi connectivity index (χ1n) is 4.56. The predicted molar refractivity (Wildman–Crippen MR) is 53.4 cm³/mol. The largest absolute Gasteiger partial charge is 0.356 e. The lowest BCUT2D eigenvalue weighted by Gasteiger charge is -2.09. The predicted octanol–water partition coefficient (Wildman–Crippen LogP) is 1.75. The van der Waals surface area contributed by atoms with Crippen molar-refractivity contribution in [3.05, 3.63) is 35.9 Å². The maximum atomic E-state index is 10.1. The van der Waals surface area contributed by atoms with E-state index < -0.39 is 0 Å². The second-order valence-corrected chi connectivity index (χ2v) is 3.21. The standard InChI is InChI=1S/C11H15NO/c1-10(12-9-13)7-8-11-5-3-2-4-6-11/h2-6,9-10H,7-8H2,1H3,(H,12,13). The fraction of sp³-hybridized carbons (Fsp3) is 0.364. The Kier molecular flexibility index (Phi) is 4.03. The fourth-order valence-corrected chi connectivity index (χ4v) is 1.23. The van der Waals surface area contributed by atoms with Crippen LogP contribution in [-0.2, 0) is 11.2 Å². The van der Waals surface area contributed by atoms with Crippen LogP contribution in [0.3, 0.4) is 0 Å². The van der Waals surface area contributed by atoms with Gasteiger partial charge in [0.2, 0.25) is 6.41 Å². The molecule has 1 N–H and O–H groups in total. The molecule has 0 aliphatic carbocycles. The number of carbonyl (C=O) groups is 1. The van der Waals surface area contributed by atoms with Crippen molar-refractivity contribution < 1.29 is 4.79 Å². The minimum atomic E-state index is 0.262. The molecule has 1 unspecified atom stereocenters. The highest BCUT2D eigenvalue weighted by Crippen LogP contribution is 2.03. The number of aryl methyl sites for hydroxylation is 1. The average molecular weight is 177 g/mol. The number of hydrogen-bond donors (Lipinski definition) is 1. The summed E-state index contributed by atoms with van der Waals surface area (Å²) in [6.45, 7) is 2.01. The van der Waals surface area contributed by atoms with Gasteiger partial charge in [0.1, 0.15) is 0 Å². The molecule has 0 aliphatic heterocycles. The van der Waals surface area contributed by atoms with E-state index in [1.807, 2.05) is 25.1 Å². The zero-order valence-corrected chi connectivity index (χ0v) is 7.86. The molecule has 70 valence electrons. The Hall–Kier alpha value is -1.31. The fourth-order valence-electron chi connectivity index (χ4n) is 1.23. The van der Waals surface area contributed by atoms with Crippen molar-refractivity contribution in [3.63, 3.8) is 0 Å². The molecule has 0 bridgehead atoms. The van der Waals surface area contributed by atoms with Crippen LogP contribution in [0.4, 0.5) is 0 Å². The number of nitrogens with one attached hydrogen (secondary N) is 1. The highest BCUT2D eigenvalue weighted by molar-refractivity contribution is 5.46. The van der Waals surface area contributed by atoms with Gasteiger partial charge in [-0.2, -0.15) is 0 Å². The second-order valence-electron chi connectivity index (χ2n) is 3.21. The van der Waals surface area contributed by atoms with Gasteiger partial charge in [-0.25, -0.2) is 0 Å². The third kappa shape index (κ3) is 3.74. The molecule has 13 heavy (non-hydrogen) atoms. The van der Waals surface area contributed by atoms with Crippen LogP contribution in [0.5, 0.6) is 0 Å². The number of benzene rings is 1. The van der Waals surface area contributed by atoms with Gasteiger partial charge < -0.3 is 5.32 Å². The summed E-state index contributed by atoms with van der Waals surface area (Å²) in [6.07, 6.45) is 2.77. The molecule has 0 radical (unpaired) electrons. The SMILES string of the molecule is CC(CCc1ccccc1)NC=O. The van der Waals surface area contributed by atoms with E-state index in [0.717, 1.165) is 19.3 Å². The minimum Gasteiger partial charge on any atom is -0.356 e. The van der Waals surface area contributed by atoms with E-state index in [-0.39, 0.29) is 6.04 Å². The van der Waals surface area contributed by atoms with E-state index in [0.29, 0.717) is 0 Å². The van der Waals surface area contributed by atoms with Gasteiger partial charge in [0.25, 0.3) is 0 Å². The normalized spacial score (nSPS) is 12.1. The van der Waals surface area contributed by atoms with Gasteiger partial charge in [-0.1, -0.05) is 30.3 Å². The van der Waals surface area contributed by atoms with E-state index in [4.69, 9.17) is 0 Å². The average Bonchev–Trinajstić information content (AvgIpc) is 2.17. The Morgan fingerprint density at radius 1 is 1.38 bits per heavy atom. The lowest BCUT2D eigenvalue weighted by atomic mass is 10.1. The summed E-state index contributed by atoms with van der Waals surface area (Å²) >= 11 is 0. The number of carbonyl (C=O) groups excluding carboxylic acids is 1. The molecule has 1 atom stereocenters. The molecule has 0 saturated carbocycles. The summed E-state index contributed by atoms with van der Waals surface area (Å²) in [6, 6.07) is 10.6. The molecule has 0 saturated heterocycles. The van der Waals surface area contributed by atoms with Gasteiger partial charge in [-0.05, 0) is 25.3 Å². The highest BCUT2D eigenvalue weighted by atomic mass is 16.1. The monoisotopic (exact) mass is 177 g/mol. The lowest BCUT2D eigenvalue weighted by Crippen LogP contribution is -2.24. The molecule has 1 amide bonds. The Morgan fingerprint density at radius 2 is 2.08 bits per heavy atom. The van der Waals surface area contributed by atoms with Crippen molar-refractivity contribution >= 4 is 6.41 Å². The maximum Gasteiger partial charge on any atom is 0.207 e. The second kappa shape index (κ2) is 5.36. The third-order valence-corrected chi connectivity index (χ3v) is 2.06. The lowest BCUT2D eigenvalue weighted by molar-refractivity contribution is -0.110. The summed E-state index contributed by atoms with van der Waals surface area (Å²) in [7, 11) is 0. The van der Waals surface area contributed by atoms with Crippen LogP contribution < -0.4 is 5.32 Å². The molecule has 0 spiro atoms. The van der Waals surface area contributed by atoms with Gasteiger partial charge in [0, 0.05) is 6.04 Å². The Balaban J connectivity index is 2.30. The van der Waals surface area contributed by atoms with E-state index >= 15 is 0 Å². The zero-order chi connectivity index (χ0) is 9.52. The van der Waals surface area contributed by atoms with Crippen LogP contribution in [0, 0.1) is 0 Å². The summed E-state index contributed by atoms with van der Waals surface area (Å²) in [5, 5.41) is 2.74. The third-order valence-electron chi connectivity index (χ3n) is 2.06. The van der Waals surface area contributed by atoms with Crippen molar-refractivity contribution in [3.8, 4) is 0 Å². The summed E-state index contributed by atoms with van der Waals surface area (Å²) in [5.74, 6) is 0. The highest BCUT2D eigenvalue weighted by Gasteiger charge is 1.99. The molecule has 0 aromatic heterocycles. The molecule has 2 nitrogen and oxygen atoms in total. The van der Waals surface area contributed by atoms with E-state index in [1.54, 1.807) is 0 Å². The molecule has 1 aromatic carbocycles. The van der Waals surface area contributed by atoms with Gasteiger partial charge in [-0.15, -0.1) is 0 Å². The van der Waals surface area contributed by atoms with Crippen molar-refractivity contribution in [2.24, 2.45) is 0 Å². The Labute approximate surface area is 79.0 Å². The Morgan fingerprint density at radius 3 is 2.69 bits per heavy atom. The van der Waals surface area contributed by atoms with E-state index in [1.165, 1.54) is 5.56 Å². The smallest absolute Gasteiger partial charge is 0.207 e. The summed E-state index contributed by atoms with van der Waals surface area (Å²) in [5.41, 5.74) is 1.32. The number of amides is 1. The van der Waals surface area contributed by atoms with E-state index in [2.05, 4.69) is 17.4 Å². The maximum absolute atomic E-state index is 10.1. The van der Waals surface area contributed by atoms with Crippen LogP contribution >= 0.6 is 0 Å². The van der Waals surface area contributed by atoms with Crippen LogP contribution in [0.15, 0.2) is 30.3 Å². The molecule has 2 heteroatoms. The first-order valence-corrected chi connectivity index (χ1v) is 4.56. The minimum absolute atomic E-state index is 0.262. The van der Waals surface area contributed by atoms with Gasteiger partial charge >= 0.3 is 0 Å². The van der Waals surface area contributed by atoms with Crippen LogP contribution in [0.1, 0.15) is 18.9 Å². The Bertz CT molecular complexity index is 246. The summed E-state index contributed by atoms with van der Waals surface area (Å²) in [4.78, 5) is 10.1. The van der Waals surface area contributed by atoms with Crippen LogP contribution in [0.25, 0.3) is 0 Å². The van der Waals surface area contributed by atoms with Gasteiger partial charge in [-0.3, -0.25) is 4.79 Å². The molecular formula is C11H15NO. The number of rotatable bonds is 5. The first kappa shape index (κ1) is 9.78. The molecule has 1 aromatic rings. The van der Waals surface area contributed by atoms with Crippen LogP contribution in [-0.4, -0.2) is 12.5 Å². The first-order chi connectivity index (χ1) is 6.33. The molecule has 0 fully saturated rings. The van der Waals surface area contributed by atoms with Gasteiger partial charge in [0.15, 0.2) is 0 Å². The molecule has 0 heterocycles. The van der Waals surface area contributed by atoms with Crippen LogP contribution in [0.2, 0.25) is 0 Å². The summed E-state index contributed by atoms with van der Waals surface area (Å²) < 4.78 is 0. The van der Waals surface area contributed by atoms with Crippen molar-refractivity contribution in [1.82, 2.24) is 5.32 Å².